The maximum Gasteiger partial charge on any atom is 0.0299 e. The average molecular weight is 181 g/mol. The summed E-state index contributed by atoms with van der Waals surface area (Å²) in [5.41, 5.74) is 2.69. The van der Waals surface area contributed by atoms with Crippen molar-refractivity contribution in [2.45, 2.75) is 48.0 Å². The Morgan fingerprint density at radius 2 is 1.69 bits per heavy atom. The number of nitrogens with zero attached hydrogens (tertiary/aromatic N) is 1. The van der Waals surface area contributed by atoms with Crippen LogP contribution in [0.5, 0.6) is 0 Å². The van der Waals surface area contributed by atoms with Crippen LogP contribution in [-0.4, -0.2) is 4.98 Å². The van der Waals surface area contributed by atoms with E-state index in [0.717, 1.165) is 6.42 Å². The van der Waals surface area contributed by atoms with E-state index in [9.17, 15) is 0 Å². The van der Waals surface area contributed by atoms with E-state index in [2.05, 4.69) is 24.9 Å². The fraction of sp³-hybridized carbons (Fsp3) is 0.583. The lowest BCUT2D eigenvalue weighted by Crippen LogP contribution is -1.85. The molecular formula is C12H23N. The molecule has 0 bridgehead atoms. The molecule has 1 rings (SSSR count). The monoisotopic (exact) mass is 181 g/mol. The van der Waals surface area contributed by atoms with Gasteiger partial charge >= 0.3 is 0 Å². The molecule has 0 atom stereocenters. The minimum atomic E-state index is 1.11. The SMILES string of the molecule is CC.CC.CCc1ccncc1C. The maximum absolute atomic E-state index is 3.99. The highest BCUT2D eigenvalue weighted by Crippen LogP contribution is 2.03. The van der Waals surface area contributed by atoms with Gasteiger partial charge in [-0.3, -0.25) is 4.98 Å². The van der Waals surface area contributed by atoms with Gasteiger partial charge in [-0.2, -0.15) is 0 Å². The standard InChI is InChI=1S/C8H11N.2C2H6/c1-3-8-4-5-9-6-7(8)2;2*1-2/h4-6H,3H2,1-2H3;2*1-2H3. The third-order valence-electron chi connectivity index (χ3n) is 1.52. The number of rotatable bonds is 1. The van der Waals surface area contributed by atoms with Crippen molar-refractivity contribution in [3.63, 3.8) is 0 Å². The predicted octanol–water partition coefficient (Wildman–Crippen LogP) is 4.00. The van der Waals surface area contributed by atoms with E-state index in [1.165, 1.54) is 11.1 Å². The minimum absolute atomic E-state index is 1.11. The zero-order valence-electron chi connectivity index (χ0n) is 9.89. The molecule has 0 aliphatic rings. The Kier molecular flexibility index (Phi) is 12.6. The number of aromatic nitrogens is 1. The summed E-state index contributed by atoms with van der Waals surface area (Å²) in [6.45, 7) is 12.2. The van der Waals surface area contributed by atoms with E-state index in [-0.39, 0.29) is 0 Å². The van der Waals surface area contributed by atoms with Gasteiger partial charge in [0.05, 0.1) is 0 Å². The molecule has 1 nitrogen and oxygen atoms in total. The van der Waals surface area contributed by atoms with Crippen molar-refractivity contribution < 1.29 is 0 Å². The molecule has 0 N–H and O–H groups in total. The van der Waals surface area contributed by atoms with E-state index in [4.69, 9.17) is 0 Å². The van der Waals surface area contributed by atoms with E-state index in [1.54, 1.807) is 0 Å². The molecular weight excluding hydrogens is 158 g/mol. The lowest BCUT2D eigenvalue weighted by Gasteiger charge is -1.97. The van der Waals surface area contributed by atoms with E-state index >= 15 is 0 Å². The van der Waals surface area contributed by atoms with Crippen molar-refractivity contribution in [1.82, 2.24) is 4.98 Å². The Morgan fingerprint density at radius 1 is 1.15 bits per heavy atom. The summed E-state index contributed by atoms with van der Waals surface area (Å²) in [6.07, 6.45) is 4.85. The van der Waals surface area contributed by atoms with Crippen LogP contribution >= 0.6 is 0 Å². The summed E-state index contributed by atoms with van der Waals surface area (Å²) in [6, 6.07) is 2.06. The van der Waals surface area contributed by atoms with Crippen molar-refractivity contribution in [1.29, 1.82) is 0 Å². The van der Waals surface area contributed by atoms with Crippen LogP contribution in [0.15, 0.2) is 18.5 Å². The zero-order valence-corrected chi connectivity index (χ0v) is 9.89. The van der Waals surface area contributed by atoms with Gasteiger partial charge in [-0.25, -0.2) is 0 Å². The van der Waals surface area contributed by atoms with E-state index in [0.29, 0.717) is 0 Å². The van der Waals surface area contributed by atoms with Crippen LogP contribution in [0.25, 0.3) is 0 Å². The molecule has 0 aromatic carbocycles. The first-order valence-corrected chi connectivity index (χ1v) is 5.24. The predicted molar refractivity (Wildman–Crippen MR) is 61.0 cm³/mol. The molecule has 1 aromatic rings. The molecule has 0 aliphatic heterocycles. The molecule has 0 unspecified atom stereocenters. The molecule has 1 heteroatoms. The second-order valence-electron chi connectivity index (χ2n) is 2.16. The zero-order chi connectivity index (χ0) is 10.7. The second-order valence-corrected chi connectivity index (χ2v) is 2.16. The van der Waals surface area contributed by atoms with Crippen LogP contribution in [0.4, 0.5) is 0 Å². The number of hydrogen-bond donors (Lipinski definition) is 0. The van der Waals surface area contributed by atoms with Crippen molar-refractivity contribution in [3.8, 4) is 0 Å². The quantitative estimate of drug-likeness (QED) is 0.638. The molecule has 0 saturated heterocycles. The maximum atomic E-state index is 3.99. The van der Waals surface area contributed by atoms with Crippen LogP contribution in [0.2, 0.25) is 0 Å². The van der Waals surface area contributed by atoms with Crippen molar-refractivity contribution in [2.75, 3.05) is 0 Å². The molecule has 0 radical (unpaired) electrons. The molecule has 76 valence electrons. The van der Waals surface area contributed by atoms with Crippen molar-refractivity contribution in [3.05, 3.63) is 29.6 Å². The first kappa shape index (κ1) is 14.7. The van der Waals surface area contributed by atoms with Gasteiger partial charge in [0.25, 0.3) is 0 Å². The van der Waals surface area contributed by atoms with Gasteiger partial charge in [0.2, 0.25) is 0 Å². The Labute approximate surface area is 83.2 Å². The van der Waals surface area contributed by atoms with Gasteiger partial charge < -0.3 is 0 Å². The van der Waals surface area contributed by atoms with Gasteiger partial charge in [-0.1, -0.05) is 34.6 Å². The molecule has 0 saturated carbocycles. The molecule has 13 heavy (non-hydrogen) atoms. The van der Waals surface area contributed by atoms with Gasteiger partial charge in [-0.05, 0) is 30.5 Å². The normalized spacial score (nSPS) is 7.54. The van der Waals surface area contributed by atoms with Crippen LogP contribution in [0.3, 0.4) is 0 Å². The summed E-state index contributed by atoms with van der Waals surface area (Å²) in [4.78, 5) is 3.99. The Morgan fingerprint density at radius 3 is 2.00 bits per heavy atom. The lowest BCUT2D eigenvalue weighted by molar-refractivity contribution is 1.08. The second kappa shape index (κ2) is 11.2. The largest absolute Gasteiger partial charge is 0.264 e. The Bertz CT molecular complexity index is 194. The molecule has 0 amide bonds. The van der Waals surface area contributed by atoms with Gasteiger partial charge in [-0.15, -0.1) is 0 Å². The Hall–Kier alpha value is -0.850. The molecule has 0 spiro atoms. The van der Waals surface area contributed by atoms with Crippen LogP contribution < -0.4 is 0 Å². The first-order valence-electron chi connectivity index (χ1n) is 5.24. The first-order chi connectivity index (χ1) is 6.34. The lowest BCUT2D eigenvalue weighted by atomic mass is 10.1. The van der Waals surface area contributed by atoms with Crippen LogP contribution in [0.1, 0.15) is 45.7 Å². The van der Waals surface area contributed by atoms with Gasteiger partial charge in [0.15, 0.2) is 0 Å². The highest BCUT2D eigenvalue weighted by molar-refractivity contribution is 5.20. The summed E-state index contributed by atoms with van der Waals surface area (Å²) in [7, 11) is 0. The number of pyridine rings is 1. The number of hydrogen-bond acceptors (Lipinski definition) is 1. The summed E-state index contributed by atoms with van der Waals surface area (Å²) in [5.74, 6) is 0. The highest BCUT2D eigenvalue weighted by atomic mass is 14.6. The summed E-state index contributed by atoms with van der Waals surface area (Å²) in [5, 5.41) is 0. The van der Waals surface area contributed by atoms with Crippen molar-refractivity contribution >= 4 is 0 Å². The smallest absolute Gasteiger partial charge is 0.0299 e. The van der Waals surface area contributed by atoms with Gasteiger partial charge in [0, 0.05) is 12.4 Å². The average Bonchev–Trinajstić information content (AvgIpc) is 2.24. The Balaban J connectivity index is 0. The molecule has 0 aliphatic carbocycles. The van der Waals surface area contributed by atoms with Gasteiger partial charge in [0.1, 0.15) is 0 Å². The third kappa shape index (κ3) is 6.32. The minimum Gasteiger partial charge on any atom is -0.264 e. The number of aryl methyl sites for hydroxylation is 2. The summed E-state index contributed by atoms with van der Waals surface area (Å²) >= 11 is 0. The fourth-order valence-corrected chi connectivity index (χ4v) is 0.899. The van der Waals surface area contributed by atoms with Crippen LogP contribution in [0, 0.1) is 6.92 Å². The topological polar surface area (TPSA) is 12.9 Å². The van der Waals surface area contributed by atoms with Crippen LogP contribution in [-0.2, 0) is 6.42 Å². The highest BCUT2D eigenvalue weighted by Gasteiger charge is 1.90. The third-order valence-corrected chi connectivity index (χ3v) is 1.52. The van der Waals surface area contributed by atoms with E-state index in [1.807, 2.05) is 40.1 Å². The summed E-state index contributed by atoms with van der Waals surface area (Å²) < 4.78 is 0. The van der Waals surface area contributed by atoms with E-state index < -0.39 is 0 Å². The molecule has 1 heterocycles. The molecule has 0 fully saturated rings. The fourth-order valence-electron chi connectivity index (χ4n) is 0.899. The van der Waals surface area contributed by atoms with Crippen molar-refractivity contribution in [2.24, 2.45) is 0 Å². The molecule has 1 aromatic heterocycles.